The van der Waals surface area contributed by atoms with Gasteiger partial charge in [-0.2, -0.15) is 0 Å². The maximum absolute atomic E-state index is 11.0. The molecule has 4 heterocycles. The van der Waals surface area contributed by atoms with E-state index in [2.05, 4.69) is 23.6 Å². The van der Waals surface area contributed by atoms with E-state index in [1.807, 2.05) is 0 Å². The first kappa shape index (κ1) is 13.5. The molecule has 0 aromatic rings. The minimum atomic E-state index is -0.0941. The van der Waals surface area contributed by atoms with E-state index in [-0.39, 0.29) is 16.9 Å². The number of rotatable bonds is 2. The van der Waals surface area contributed by atoms with Crippen LogP contribution >= 0.6 is 0 Å². The number of hydrogen-bond acceptors (Lipinski definition) is 3. The van der Waals surface area contributed by atoms with Crippen molar-refractivity contribution in [2.24, 2.45) is 10.8 Å². The monoisotopic (exact) mass is 278 g/mol. The molecule has 0 aromatic carbocycles. The van der Waals surface area contributed by atoms with Crippen LogP contribution in [0.5, 0.6) is 0 Å². The molecule has 5 fully saturated rings. The maximum atomic E-state index is 11.0. The van der Waals surface area contributed by atoms with Crippen molar-refractivity contribution in [2.45, 2.75) is 70.6 Å². The van der Waals surface area contributed by atoms with E-state index in [1.165, 1.54) is 44.9 Å². The van der Waals surface area contributed by atoms with Crippen LogP contribution in [0.15, 0.2) is 0 Å². The zero-order valence-corrected chi connectivity index (χ0v) is 13.2. The minimum Gasteiger partial charge on any atom is -0.392 e. The van der Waals surface area contributed by atoms with Crippen LogP contribution in [-0.4, -0.2) is 52.9 Å². The van der Waals surface area contributed by atoms with Crippen LogP contribution in [0.25, 0.3) is 0 Å². The van der Waals surface area contributed by atoms with Gasteiger partial charge in [-0.3, -0.25) is 9.80 Å². The highest BCUT2D eigenvalue weighted by molar-refractivity contribution is 5.18. The van der Waals surface area contributed by atoms with Gasteiger partial charge in [-0.1, -0.05) is 39.5 Å². The Kier molecular flexibility index (Phi) is 2.85. The summed E-state index contributed by atoms with van der Waals surface area (Å²) >= 11 is 0. The van der Waals surface area contributed by atoms with Crippen LogP contribution in [0.3, 0.4) is 0 Å². The quantitative estimate of drug-likeness (QED) is 0.840. The van der Waals surface area contributed by atoms with Crippen LogP contribution in [0.2, 0.25) is 0 Å². The summed E-state index contributed by atoms with van der Waals surface area (Å²) in [6.07, 6.45) is 9.23. The molecule has 1 aliphatic carbocycles. The van der Waals surface area contributed by atoms with Crippen molar-refractivity contribution >= 4 is 0 Å². The lowest BCUT2D eigenvalue weighted by Crippen LogP contribution is -2.84. The normalized spacial score (nSPS) is 52.6. The standard InChI is InChI=1S/C17H30N2O/c1-3-7-16-12-18-10-15(2,14(16)20)11-19(13-16)17(18)8-5-4-6-9-17/h14,20H,3-13H2,1-2H3/t14-,15?,16?/m1/s1. The molecule has 3 atom stereocenters. The maximum Gasteiger partial charge on any atom is 0.0738 e. The van der Waals surface area contributed by atoms with Crippen molar-refractivity contribution in [1.29, 1.82) is 0 Å². The number of aliphatic hydroxyl groups excluding tert-OH is 1. The van der Waals surface area contributed by atoms with Gasteiger partial charge in [-0.05, 0) is 19.3 Å². The van der Waals surface area contributed by atoms with Gasteiger partial charge in [0.1, 0.15) is 0 Å². The van der Waals surface area contributed by atoms with Crippen LogP contribution in [0, 0.1) is 10.8 Å². The fourth-order valence-corrected chi connectivity index (χ4v) is 6.26. The predicted molar refractivity (Wildman–Crippen MR) is 80.4 cm³/mol. The zero-order chi connectivity index (χ0) is 14.0. The summed E-state index contributed by atoms with van der Waals surface area (Å²) in [5.41, 5.74) is 0.631. The highest BCUT2D eigenvalue weighted by Gasteiger charge is 2.67. The van der Waals surface area contributed by atoms with E-state index in [0.717, 1.165) is 26.2 Å². The van der Waals surface area contributed by atoms with E-state index in [4.69, 9.17) is 0 Å². The van der Waals surface area contributed by atoms with Crippen molar-refractivity contribution in [3.63, 3.8) is 0 Å². The smallest absolute Gasteiger partial charge is 0.0738 e. The topological polar surface area (TPSA) is 26.7 Å². The molecule has 5 rings (SSSR count). The average Bonchev–Trinajstić information content (AvgIpc) is 2.42. The van der Waals surface area contributed by atoms with Crippen molar-refractivity contribution in [2.75, 3.05) is 26.2 Å². The van der Waals surface area contributed by atoms with Gasteiger partial charge in [0.15, 0.2) is 0 Å². The third-order valence-corrected chi connectivity index (χ3v) is 6.94. The summed E-state index contributed by atoms with van der Waals surface area (Å²) < 4.78 is 0. The van der Waals surface area contributed by atoms with Gasteiger partial charge in [0, 0.05) is 37.0 Å². The van der Waals surface area contributed by atoms with Gasteiger partial charge >= 0.3 is 0 Å². The summed E-state index contributed by atoms with van der Waals surface area (Å²) in [6.45, 7) is 9.14. The summed E-state index contributed by atoms with van der Waals surface area (Å²) in [6, 6.07) is 0. The largest absolute Gasteiger partial charge is 0.392 e. The molecule has 4 aliphatic heterocycles. The fraction of sp³-hybridized carbons (Fsp3) is 1.00. The van der Waals surface area contributed by atoms with E-state index < -0.39 is 0 Å². The molecular formula is C17H30N2O. The first-order chi connectivity index (χ1) is 9.55. The third-order valence-electron chi connectivity index (χ3n) is 6.94. The molecule has 2 unspecified atom stereocenters. The average molecular weight is 278 g/mol. The van der Waals surface area contributed by atoms with Crippen molar-refractivity contribution in [1.82, 2.24) is 9.80 Å². The van der Waals surface area contributed by atoms with Crippen molar-refractivity contribution in [3.8, 4) is 0 Å². The Balaban J connectivity index is 1.72. The van der Waals surface area contributed by atoms with Crippen molar-refractivity contribution in [3.05, 3.63) is 0 Å². The number of nitrogens with zero attached hydrogens (tertiary/aromatic N) is 2. The number of hydrogen-bond donors (Lipinski definition) is 1. The summed E-state index contributed by atoms with van der Waals surface area (Å²) in [5.74, 6) is 0. The Morgan fingerprint density at radius 2 is 1.60 bits per heavy atom. The molecule has 20 heavy (non-hydrogen) atoms. The van der Waals surface area contributed by atoms with Crippen molar-refractivity contribution < 1.29 is 5.11 Å². The van der Waals surface area contributed by atoms with E-state index in [9.17, 15) is 5.11 Å². The molecule has 0 radical (unpaired) electrons. The first-order valence-electron chi connectivity index (χ1n) is 8.73. The first-order valence-corrected chi connectivity index (χ1v) is 8.73. The molecule has 1 saturated carbocycles. The molecule has 4 bridgehead atoms. The van der Waals surface area contributed by atoms with Crippen LogP contribution in [0.1, 0.15) is 58.8 Å². The second-order valence-corrected chi connectivity index (χ2v) is 8.42. The van der Waals surface area contributed by atoms with Crippen LogP contribution < -0.4 is 0 Å². The van der Waals surface area contributed by atoms with E-state index >= 15 is 0 Å². The van der Waals surface area contributed by atoms with E-state index in [1.54, 1.807) is 0 Å². The molecule has 0 amide bonds. The molecule has 3 heteroatoms. The highest BCUT2D eigenvalue weighted by Crippen LogP contribution is 2.58. The summed E-state index contributed by atoms with van der Waals surface area (Å²) in [4.78, 5) is 5.59. The summed E-state index contributed by atoms with van der Waals surface area (Å²) in [5, 5.41) is 11.0. The fourth-order valence-electron chi connectivity index (χ4n) is 6.26. The Hall–Kier alpha value is -0.120. The lowest BCUT2D eigenvalue weighted by Gasteiger charge is -2.74. The Labute approximate surface area is 123 Å². The highest BCUT2D eigenvalue weighted by atomic mass is 16.3. The van der Waals surface area contributed by atoms with Gasteiger partial charge in [0.25, 0.3) is 0 Å². The number of piperidine rings is 2. The molecule has 1 spiro atoms. The van der Waals surface area contributed by atoms with Gasteiger partial charge in [-0.15, -0.1) is 0 Å². The Morgan fingerprint density at radius 3 is 2.15 bits per heavy atom. The van der Waals surface area contributed by atoms with E-state index in [0.29, 0.717) is 5.66 Å². The van der Waals surface area contributed by atoms with Gasteiger partial charge in [-0.25, -0.2) is 0 Å². The van der Waals surface area contributed by atoms with Gasteiger partial charge < -0.3 is 5.11 Å². The Bertz CT molecular complexity index is 384. The molecule has 1 N–H and O–H groups in total. The van der Waals surface area contributed by atoms with Crippen LogP contribution in [-0.2, 0) is 0 Å². The lowest BCUT2D eigenvalue weighted by molar-refractivity contribution is -0.300. The third kappa shape index (κ3) is 1.52. The Morgan fingerprint density at radius 1 is 1.00 bits per heavy atom. The second-order valence-electron chi connectivity index (χ2n) is 8.42. The zero-order valence-electron chi connectivity index (χ0n) is 13.2. The SMILES string of the molecule is CCCC12CN3CC(C)(CN(C1)C31CCCCC1)[C@H]2O. The molecular weight excluding hydrogens is 248 g/mol. The molecule has 114 valence electrons. The van der Waals surface area contributed by atoms with Gasteiger partial charge in [0.2, 0.25) is 0 Å². The number of aliphatic hydroxyl groups is 1. The lowest BCUT2D eigenvalue weighted by atomic mass is 9.56. The molecule has 5 aliphatic rings. The molecule has 0 aromatic heterocycles. The van der Waals surface area contributed by atoms with Crippen LogP contribution in [0.4, 0.5) is 0 Å². The molecule has 3 nitrogen and oxygen atoms in total. The minimum absolute atomic E-state index is 0.0941. The second kappa shape index (κ2) is 4.21. The van der Waals surface area contributed by atoms with Gasteiger partial charge in [0.05, 0.1) is 11.8 Å². The predicted octanol–water partition coefficient (Wildman–Crippen LogP) is 2.45. The summed E-state index contributed by atoms with van der Waals surface area (Å²) in [7, 11) is 0. The molecule has 4 saturated heterocycles.